The lowest BCUT2D eigenvalue weighted by Gasteiger charge is -2.36. The third-order valence-electron chi connectivity index (χ3n) is 3.70. The van der Waals surface area contributed by atoms with Gasteiger partial charge in [-0.05, 0) is 38.8 Å². The van der Waals surface area contributed by atoms with Crippen LogP contribution in [0.1, 0.15) is 26.7 Å². The van der Waals surface area contributed by atoms with Gasteiger partial charge in [0.1, 0.15) is 0 Å². The number of methoxy groups -OCH3 is 2. The van der Waals surface area contributed by atoms with Gasteiger partial charge in [-0.2, -0.15) is 0 Å². The van der Waals surface area contributed by atoms with E-state index < -0.39 is 0 Å². The summed E-state index contributed by atoms with van der Waals surface area (Å²) < 4.78 is 10.4. The quantitative estimate of drug-likeness (QED) is 0.717. The zero-order chi connectivity index (χ0) is 13.5. The van der Waals surface area contributed by atoms with Crippen LogP contribution in [-0.4, -0.2) is 57.0 Å². The molecule has 0 spiro atoms. The molecule has 0 bridgehead atoms. The molecular weight excluding hydrogens is 232 g/mol. The molecular formula is C13H26N2O3. The average Bonchev–Trinajstić information content (AvgIpc) is 2.35. The lowest BCUT2D eigenvalue weighted by molar-refractivity contribution is -0.121. The summed E-state index contributed by atoms with van der Waals surface area (Å²) in [5.74, 6) is 0.637. The molecule has 5 heteroatoms. The van der Waals surface area contributed by atoms with E-state index in [2.05, 4.69) is 17.1 Å². The normalized spacial score (nSPS) is 20.1. The summed E-state index contributed by atoms with van der Waals surface area (Å²) in [6, 6.07) is 0.269. The van der Waals surface area contributed by atoms with Gasteiger partial charge in [0.25, 0.3) is 0 Å². The minimum absolute atomic E-state index is 0.0590. The molecule has 1 atom stereocenters. The van der Waals surface area contributed by atoms with Crippen LogP contribution in [0.2, 0.25) is 0 Å². The molecule has 1 rings (SSSR count). The second-order valence-electron chi connectivity index (χ2n) is 5.03. The summed E-state index contributed by atoms with van der Waals surface area (Å²) in [6.45, 7) is 6.56. The Bertz CT molecular complexity index is 249. The molecule has 1 fully saturated rings. The molecule has 1 heterocycles. The van der Waals surface area contributed by atoms with Crippen LogP contribution in [0.25, 0.3) is 0 Å². The average molecular weight is 258 g/mol. The summed E-state index contributed by atoms with van der Waals surface area (Å²) in [6.07, 6.45) is 2.08. The summed E-state index contributed by atoms with van der Waals surface area (Å²) in [5, 5.41) is 2.98. The standard InChI is InChI=1S/C13H26N2O3/c1-10(14-11(2)16)12-5-7-15(8-6-12)9-13(17-3)18-4/h10,12-13H,5-9H2,1-4H3,(H,14,16). The molecule has 1 aliphatic heterocycles. The molecule has 106 valence electrons. The van der Waals surface area contributed by atoms with Gasteiger partial charge >= 0.3 is 0 Å². The van der Waals surface area contributed by atoms with Crippen molar-refractivity contribution >= 4 is 5.91 Å². The van der Waals surface area contributed by atoms with Crippen molar-refractivity contribution in [3.63, 3.8) is 0 Å². The molecule has 0 radical (unpaired) electrons. The van der Waals surface area contributed by atoms with Gasteiger partial charge in [0.15, 0.2) is 6.29 Å². The zero-order valence-electron chi connectivity index (χ0n) is 11.9. The van der Waals surface area contributed by atoms with Gasteiger partial charge in [0, 0.05) is 33.7 Å². The minimum atomic E-state index is -0.144. The van der Waals surface area contributed by atoms with E-state index in [0.29, 0.717) is 5.92 Å². The highest BCUT2D eigenvalue weighted by atomic mass is 16.7. The Morgan fingerprint density at radius 3 is 2.33 bits per heavy atom. The van der Waals surface area contributed by atoms with Crippen molar-refractivity contribution in [3.8, 4) is 0 Å². The van der Waals surface area contributed by atoms with E-state index in [0.717, 1.165) is 32.5 Å². The maximum Gasteiger partial charge on any atom is 0.217 e. The fourth-order valence-electron chi connectivity index (χ4n) is 2.53. The fourth-order valence-corrected chi connectivity index (χ4v) is 2.53. The van der Waals surface area contributed by atoms with E-state index in [1.54, 1.807) is 21.1 Å². The molecule has 0 aromatic heterocycles. The molecule has 1 N–H and O–H groups in total. The smallest absolute Gasteiger partial charge is 0.217 e. The van der Waals surface area contributed by atoms with Gasteiger partial charge in [-0.25, -0.2) is 0 Å². The Morgan fingerprint density at radius 1 is 1.33 bits per heavy atom. The number of hydrogen-bond donors (Lipinski definition) is 1. The highest BCUT2D eigenvalue weighted by molar-refractivity contribution is 5.73. The van der Waals surface area contributed by atoms with E-state index >= 15 is 0 Å². The van der Waals surface area contributed by atoms with Crippen LogP contribution in [0, 0.1) is 5.92 Å². The number of carbonyl (C=O) groups is 1. The van der Waals surface area contributed by atoms with Gasteiger partial charge in [-0.15, -0.1) is 0 Å². The molecule has 0 aliphatic carbocycles. The van der Waals surface area contributed by atoms with Crippen molar-refractivity contribution in [1.82, 2.24) is 10.2 Å². The number of rotatable bonds is 6. The Balaban J connectivity index is 2.29. The Labute approximate surface area is 110 Å². The SMILES string of the molecule is COC(CN1CCC(C(C)NC(C)=O)CC1)OC. The number of nitrogens with zero attached hydrogens (tertiary/aromatic N) is 1. The molecule has 1 unspecified atom stereocenters. The molecule has 0 aromatic carbocycles. The van der Waals surface area contributed by atoms with Crippen molar-refractivity contribution in [2.24, 2.45) is 5.92 Å². The summed E-state index contributed by atoms with van der Waals surface area (Å²) in [7, 11) is 3.33. The van der Waals surface area contributed by atoms with E-state index in [9.17, 15) is 4.79 Å². The molecule has 0 aromatic rings. The van der Waals surface area contributed by atoms with Crippen LogP contribution < -0.4 is 5.32 Å². The largest absolute Gasteiger partial charge is 0.355 e. The summed E-state index contributed by atoms with van der Waals surface area (Å²) >= 11 is 0. The number of carbonyl (C=O) groups excluding carboxylic acids is 1. The second-order valence-corrected chi connectivity index (χ2v) is 5.03. The highest BCUT2D eigenvalue weighted by Crippen LogP contribution is 2.20. The maximum atomic E-state index is 11.0. The number of likely N-dealkylation sites (tertiary alicyclic amines) is 1. The topological polar surface area (TPSA) is 50.8 Å². The molecule has 1 saturated heterocycles. The molecule has 1 amide bonds. The first-order valence-corrected chi connectivity index (χ1v) is 6.61. The Kier molecular flexibility index (Phi) is 6.60. The number of hydrogen-bond acceptors (Lipinski definition) is 4. The number of nitrogens with one attached hydrogen (secondary N) is 1. The highest BCUT2D eigenvalue weighted by Gasteiger charge is 2.25. The monoisotopic (exact) mass is 258 g/mol. The first-order valence-electron chi connectivity index (χ1n) is 6.61. The maximum absolute atomic E-state index is 11.0. The predicted octanol–water partition coefficient (Wildman–Crippen LogP) is 0.842. The van der Waals surface area contributed by atoms with Crippen molar-refractivity contribution in [2.45, 2.75) is 39.0 Å². The molecule has 0 saturated carbocycles. The van der Waals surface area contributed by atoms with Crippen LogP contribution in [0.4, 0.5) is 0 Å². The van der Waals surface area contributed by atoms with Crippen LogP contribution in [0.3, 0.4) is 0 Å². The first kappa shape index (κ1) is 15.4. The molecule has 18 heavy (non-hydrogen) atoms. The Morgan fingerprint density at radius 2 is 1.89 bits per heavy atom. The van der Waals surface area contributed by atoms with E-state index in [4.69, 9.17) is 9.47 Å². The number of ether oxygens (including phenoxy) is 2. The lowest BCUT2D eigenvalue weighted by atomic mass is 9.90. The summed E-state index contributed by atoms with van der Waals surface area (Å²) in [4.78, 5) is 13.4. The van der Waals surface area contributed by atoms with Gasteiger partial charge in [0.05, 0.1) is 0 Å². The van der Waals surface area contributed by atoms with E-state index in [1.807, 2.05) is 0 Å². The van der Waals surface area contributed by atoms with Crippen molar-refractivity contribution in [3.05, 3.63) is 0 Å². The predicted molar refractivity (Wildman–Crippen MR) is 70.2 cm³/mol. The Hall–Kier alpha value is -0.650. The third-order valence-corrected chi connectivity index (χ3v) is 3.70. The third kappa shape index (κ3) is 4.92. The van der Waals surface area contributed by atoms with E-state index in [-0.39, 0.29) is 18.2 Å². The van der Waals surface area contributed by atoms with Gasteiger partial charge < -0.3 is 14.8 Å². The van der Waals surface area contributed by atoms with E-state index in [1.165, 1.54) is 0 Å². The van der Waals surface area contributed by atoms with Crippen molar-refractivity contribution in [2.75, 3.05) is 33.9 Å². The van der Waals surface area contributed by atoms with Crippen molar-refractivity contribution in [1.29, 1.82) is 0 Å². The van der Waals surface area contributed by atoms with Crippen LogP contribution in [0.15, 0.2) is 0 Å². The van der Waals surface area contributed by atoms with Gasteiger partial charge in [-0.1, -0.05) is 0 Å². The minimum Gasteiger partial charge on any atom is -0.355 e. The van der Waals surface area contributed by atoms with Crippen LogP contribution in [-0.2, 0) is 14.3 Å². The zero-order valence-corrected chi connectivity index (χ0v) is 11.9. The van der Waals surface area contributed by atoms with Crippen LogP contribution in [0.5, 0.6) is 0 Å². The fraction of sp³-hybridized carbons (Fsp3) is 0.923. The van der Waals surface area contributed by atoms with Gasteiger partial charge in [-0.3, -0.25) is 9.69 Å². The van der Waals surface area contributed by atoms with Gasteiger partial charge in [0.2, 0.25) is 5.91 Å². The number of piperidine rings is 1. The second kappa shape index (κ2) is 7.71. The molecule has 1 aliphatic rings. The molecule has 5 nitrogen and oxygen atoms in total. The number of amides is 1. The van der Waals surface area contributed by atoms with Crippen molar-refractivity contribution < 1.29 is 14.3 Å². The first-order chi connectivity index (χ1) is 8.56. The summed E-state index contributed by atoms with van der Waals surface area (Å²) in [5.41, 5.74) is 0. The van der Waals surface area contributed by atoms with Crippen LogP contribution >= 0.6 is 0 Å². The lowest BCUT2D eigenvalue weighted by Crippen LogP contribution is -2.45.